The molecule has 0 unspecified atom stereocenters. The normalized spacial score (nSPS) is 12.3. The second-order valence-electron chi connectivity index (χ2n) is 5.53. The summed E-state index contributed by atoms with van der Waals surface area (Å²) in [7, 11) is 1.45. The molecule has 0 bridgehead atoms. The van der Waals surface area contributed by atoms with E-state index in [-0.39, 0.29) is 5.97 Å². The van der Waals surface area contributed by atoms with Gasteiger partial charge in [-0.2, -0.15) is 0 Å². The lowest BCUT2D eigenvalue weighted by Gasteiger charge is -1.99. The van der Waals surface area contributed by atoms with Crippen molar-refractivity contribution in [2.45, 2.75) is 71.1 Å². The van der Waals surface area contributed by atoms with Gasteiger partial charge in [0.2, 0.25) is 0 Å². The first kappa shape index (κ1) is 21.4. The molecule has 0 aromatic carbocycles. The first-order valence-electron chi connectivity index (χ1n) is 8.98. The van der Waals surface area contributed by atoms with Crippen molar-refractivity contribution in [3.8, 4) is 0 Å². The van der Waals surface area contributed by atoms with Gasteiger partial charge in [0.1, 0.15) is 0 Å². The van der Waals surface area contributed by atoms with Crippen LogP contribution in [0.3, 0.4) is 0 Å². The second-order valence-corrected chi connectivity index (χ2v) is 5.53. The van der Waals surface area contributed by atoms with Crippen molar-refractivity contribution >= 4 is 5.97 Å². The molecule has 0 rings (SSSR count). The Labute approximate surface area is 143 Å². The molecule has 0 aliphatic rings. The van der Waals surface area contributed by atoms with Crippen molar-refractivity contribution in [3.63, 3.8) is 0 Å². The zero-order valence-corrected chi connectivity index (χ0v) is 15.0. The summed E-state index contributed by atoms with van der Waals surface area (Å²) >= 11 is 0. The molecule has 130 valence electrons. The van der Waals surface area contributed by atoms with Crippen LogP contribution in [0, 0.1) is 0 Å². The topological polar surface area (TPSA) is 26.3 Å². The van der Waals surface area contributed by atoms with Crippen molar-refractivity contribution in [1.29, 1.82) is 0 Å². The predicted octanol–water partition coefficient (Wildman–Crippen LogP) is 6.31. The number of carbonyl (C=O) groups excluding carboxylic acids is 1. The van der Waals surface area contributed by atoms with Gasteiger partial charge in [-0.05, 0) is 44.9 Å². The van der Waals surface area contributed by atoms with E-state index in [0.29, 0.717) is 6.42 Å². The number of rotatable bonds is 14. The third-order valence-corrected chi connectivity index (χ3v) is 3.45. The first-order chi connectivity index (χ1) is 11.3. The minimum atomic E-state index is -0.0936. The molecule has 0 fully saturated rings. The van der Waals surface area contributed by atoms with E-state index in [4.69, 9.17) is 0 Å². The van der Waals surface area contributed by atoms with Crippen LogP contribution in [0.5, 0.6) is 0 Å². The van der Waals surface area contributed by atoms with E-state index >= 15 is 0 Å². The van der Waals surface area contributed by atoms with E-state index < -0.39 is 0 Å². The number of esters is 1. The highest BCUT2D eigenvalue weighted by molar-refractivity contribution is 5.68. The fraction of sp³-hybridized carbons (Fsp3) is 0.571. The third-order valence-electron chi connectivity index (χ3n) is 3.45. The molecule has 0 spiro atoms. The lowest BCUT2D eigenvalue weighted by molar-refractivity contribution is -0.140. The van der Waals surface area contributed by atoms with Crippen molar-refractivity contribution in [2.75, 3.05) is 7.11 Å². The Morgan fingerprint density at radius 3 is 1.83 bits per heavy atom. The van der Waals surface area contributed by atoms with Crippen LogP contribution in [0.15, 0.2) is 48.6 Å². The molecule has 0 aromatic heterocycles. The van der Waals surface area contributed by atoms with Crippen LogP contribution in [0.25, 0.3) is 0 Å². The fourth-order valence-electron chi connectivity index (χ4n) is 2.08. The maximum absolute atomic E-state index is 10.9. The van der Waals surface area contributed by atoms with Gasteiger partial charge < -0.3 is 4.74 Å². The number of carbonyl (C=O) groups is 1. The van der Waals surface area contributed by atoms with E-state index in [2.05, 4.69) is 60.3 Å². The van der Waals surface area contributed by atoms with Crippen LogP contribution in [-0.4, -0.2) is 13.1 Å². The van der Waals surface area contributed by atoms with E-state index in [1.54, 1.807) is 0 Å². The van der Waals surface area contributed by atoms with Crippen LogP contribution in [0.4, 0.5) is 0 Å². The lowest BCUT2D eigenvalue weighted by atomic mass is 10.1. The number of allylic oxidation sites excluding steroid dienone is 8. The molecule has 0 heterocycles. The molecule has 0 atom stereocenters. The third kappa shape index (κ3) is 18.4. The van der Waals surface area contributed by atoms with Crippen molar-refractivity contribution in [1.82, 2.24) is 0 Å². The van der Waals surface area contributed by atoms with Gasteiger partial charge in [-0.1, -0.05) is 68.4 Å². The number of hydrogen-bond acceptors (Lipinski definition) is 2. The summed E-state index contributed by atoms with van der Waals surface area (Å²) in [5.74, 6) is -0.0936. The molecule has 0 saturated carbocycles. The van der Waals surface area contributed by atoms with E-state index in [1.165, 1.54) is 20.0 Å². The number of ether oxygens (including phenoxy) is 1. The van der Waals surface area contributed by atoms with Gasteiger partial charge >= 0.3 is 5.97 Å². The maximum Gasteiger partial charge on any atom is 0.305 e. The molecule has 2 nitrogen and oxygen atoms in total. The minimum Gasteiger partial charge on any atom is -0.469 e. The Kier molecular flexibility index (Phi) is 17.2. The average molecular weight is 319 g/mol. The molecule has 23 heavy (non-hydrogen) atoms. The average Bonchev–Trinajstić information content (AvgIpc) is 2.57. The Hall–Kier alpha value is -1.57. The number of unbranched alkanes of at least 4 members (excludes halogenated alkanes) is 4. The van der Waals surface area contributed by atoms with Crippen molar-refractivity contribution in [2.24, 2.45) is 0 Å². The van der Waals surface area contributed by atoms with E-state index in [9.17, 15) is 4.79 Å². The summed E-state index contributed by atoms with van der Waals surface area (Å²) in [6.07, 6.45) is 28.1. The Morgan fingerprint density at radius 2 is 1.26 bits per heavy atom. The van der Waals surface area contributed by atoms with Gasteiger partial charge in [0.25, 0.3) is 0 Å². The summed E-state index contributed by atoms with van der Waals surface area (Å²) in [6, 6.07) is 0. The molecular weight excluding hydrogens is 284 g/mol. The van der Waals surface area contributed by atoms with Crippen molar-refractivity contribution < 1.29 is 9.53 Å². The molecule has 0 aromatic rings. The van der Waals surface area contributed by atoms with Crippen LogP contribution >= 0.6 is 0 Å². The largest absolute Gasteiger partial charge is 0.469 e. The molecule has 2 heteroatoms. The number of hydrogen-bond donors (Lipinski definition) is 0. The molecule has 0 radical (unpaired) electrons. The minimum absolute atomic E-state index is 0.0936. The standard InChI is InChI=1S/C21H34O2/c1-3-4-5-6-7-8-9-10-11-12-13-14-15-16-17-18-19-20-21(22)23-2/h4-5,7-8,10-11,13-14H,3,6,9,12,15-20H2,1-2H3/b5-4+,8-7+,11-10+,14-13+. The SMILES string of the molecule is CC/C=C/C/C=C/C/C=C/C/C=C/CCCCCCC(=O)OC. The highest BCUT2D eigenvalue weighted by Crippen LogP contribution is 2.06. The Bertz CT molecular complexity index is 375. The summed E-state index contributed by atoms with van der Waals surface area (Å²) < 4.78 is 4.62. The first-order valence-corrected chi connectivity index (χ1v) is 8.98. The second kappa shape index (κ2) is 18.5. The van der Waals surface area contributed by atoms with Gasteiger partial charge in [0, 0.05) is 6.42 Å². The zero-order chi connectivity index (χ0) is 17.0. The quantitative estimate of drug-likeness (QED) is 0.213. The van der Waals surface area contributed by atoms with Gasteiger partial charge in [-0.3, -0.25) is 4.79 Å². The van der Waals surface area contributed by atoms with Crippen molar-refractivity contribution in [3.05, 3.63) is 48.6 Å². The molecule has 0 aliphatic heterocycles. The predicted molar refractivity (Wildman–Crippen MR) is 100 cm³/mol. The highest BCUT2D eigenvalue weighted by atomic mass is 16.5. The molecule has 0 N–H and O–H groups in total. The molecular formula is C21H34O2. The van der Waals surface area contributed by atoms with E-state index in [0.717, 1.165) is 44.9 Å². The van der Waals surface area contributed by atoms with Crippen LogP contribution in [-0.2, 0) is 9.53 Å². The zero-order valence-electron chi connectivity index (χ0n) is 15.0. The van der Waals surface area contributed by atoms with E-state index in [1.807, 2.05) is 0 Å². The van der Waals surface area contributed by atoms with Gasteiger partial charge in [-0.15, -0.1) is 0 Å². The molecule has 0 aliphatic carbocycles. The van der Waals surface area contributed by atoms with Gasteiger partial charge in [0.15, 0.2) is 0 Å². The maximum atomic E-state index is 10.9. The fourth-order valence-corrected chi connectivity index (χ4v) is 2.08. The van der Waals surface area contributed by atoms with Crippen LogP contribution in [0.2, 0.25) is 0 Å². The lowest BCUT2D eigenvalue weighted by Crippen LogP contribution is -1.98. The molecule has 0 saturated heterocycles. The summed E-state index contributed by atoms with van der Waals surface area (Å²) in [5.41, 5.74) is 0. The van der Waals surface area contributed by atoms with Crippen LogP contribution in [0.1, 0.15) is 71.1 Å². The monoisotopic (exact) mass is 318 g/mol. The smallest absolute Gasteiger partial charge is 0.305 e. The van der Waals surface area contributed by atoms with Crippen LogP contribution < -0.4 is 0 Å². The van der Waals surface area contributed by atoms with Gasteiger partial charge in [-0.25, -0.2) is 0 Å². The Morgan fingerprint density at radius 1 is 0.739 bits per heavy atom. The summed E-state index contributed by atoms with van der Waals surface area (Å²) in [6.45, 7) is 2.15. The number of methoxy groups -OCH3 is 1. The van der Waals surface area contributed by atoms with Gasteiger partial charge in [0.05, 0.1) is 7.11 Å². The summed E-state index contributed by atoms with van der Waals surface area (Å²) in [5, 5.41) is 0. The summed E-state index contributed by atoms with van der Waals surface area (Å²) in [4.78, 5) is 10.9. The Balaban J connectivity index is 3.35. The highest BCUT2D eigenvalue weighted by Gasteiger charge is 1.98. The molecule has 0 amide bonds.